The van der Waals surface area contributed by atoms with Gasteiger partial charge in [-0.25, -0.2) is 4.79 Å². The highest BCUT2D eigenvalue weighted by atomic mass is 16.5. The van der Waals surface area contributed by atoms with Gasteiger partial charge in [-0.15, -0.1) is 0 Å². The molecule has 0 unspecified atom stereocenters. The summed E-state index contributed by atoms with van der Waals surface area (Å²) in [6.45, 7) is 21.1. The van der Waals surface area contributed by atoms with Gasteiger partial charge in [-0.05, 0) is 74.7 Å². The number of aliphatic hydroxyl groups is 1. The zero-order chi connectivity index (χ0) is 68.7. The first-order valence-electron chi connectivity index (χ1n) is 32.9. The van der Waals surface area contributed by atoms with E-state index in [-0.39, 0.29) is 80.6 Å². The second-order valence-corrected chi connectivity index (χ2v) is 26.0. The minimum Gasteiger partial charge on any atom is -0.386 e. The molecule has 3 aliphatic heterocycles. The fraction of sp³-hybridized carbons (Fsp3) is 0.712. The summed E-state index contributed by atoms with van der Waals surface area (Å²) in [5.41, 5.74) is 6.00. The SMILES string of the molecule is CC[C@H](C)[C@@H]([C@@H](CC(=O)N1CCC[C@@H]1[C@H](OC)[C@@H](C)C(=O)N[C@H](C)[C@@H](O)c1ccccc1)OC)N(C)C(=O)[C@@H](NC(=O)[C@H](C(C)C)N(C)C(=O)[C@H](CCCNC(N)=O)NC(=O)[C@@H](NC(=O)CCN1CCN(C(=O)CCCCN2C(=O)C=CC2=O)CC1)C(C)C)C(C)C. The van der Waals surface area contributed by atoms with E-state index >= 15 is 0 Å². The summed E-state index contributed by atoms with van der Waals surface area (Å²) in [7, 11) is 6.07. The molecule has 12 atom stereocenters. The number of unbranched alkanes of at least 4 members (excludes halogenated alkanes) is 1. The molecule has 0 radical (unpaired) electrons. The second kappa shape index (κ2) is 37.6. The number of amides is 12. The van der Waals surface area contributed by atoms with E-state index in [0.29, 0.717) is 76.9 Å². The molecule has 516 valence electrons. The van der Waals surface area contributed by atoms with E-state index in [4.69, 9.17) is 15.2 Å². The summed E-state index contributed by atoms with van der Waals surface area (Å²) in [4.78, 5) is 158. The van der Waals surface area contributed by atoms with E-state index in [1.54, 1.807) is 84.4 Å². The number of benzene rings is 1. The molecule has 12 amide bonds. The van der Waals surface area contributed by atoms with Crippen LogP contribution in [0.4, 0.5) is 4.79 Å². The fourth-order valence-electron chi connectivity index (χ4n) is 12.6. The number of hydrogen-bond acceptors (Lipinski definition) is 15. The van der Waals surface area contributed by atoms with Crippen LogP contribution in [0.2, 0.25) is 0 Å². The number of nitrogens with two attached hydrogens (primary N) is 1. The summed E-state index contributed by atoms with van der Waals surface area (Å²) in [6.07, 6.45) is 3.35. The molecule has 1 aromatic rings. The number of aliphatic hydroxyl groups excluding tert-OH is 1. The van der Waals surface area contributed by atoms with Gasteiger partial charge in [0.2, 0.25) is 47.3 Å². The molecule has 26 nitrogen and oxygen atoms in total. The first-order chi connectivity index (χ1) is 43.5. The highest BCUT2D eigenvalue weighted by molar-refractivity contribution is 6.12. The van der Waals surface area contributed by atoms with Crippen molar-refractivity contribution in [2.75, 3.05) is 80.7 Å². The number of nitrogens with one attached hydrogen (secondary N) is 5. The normalized spacial score (nSPS) is 18.9. The van der Waals surface area contributed by atoms with Crippen molar-refractivity contribution in [3.63, 3.8) is 0 Å². The molecule has 3 heterocycles. The van der Waals surface area contributed by atoms with Crippen molar-refractivity contribution >= 4 is 65.1 Å². The first kappa shape index (κ1) is 77.4. The van der Waals surface area contributed by atoms with Gasteiger partial charge in [0.1, 0.15) is 24.2 Å². The summed E-state index contributed by atoms with van der Waals surface area (Å²) in [6, 6.07) is 1.96. The Balaban J connectivity index is 1.42. The van der Waals surface area contributed by atoms with Gasteiger partial charge in [-0.1, -0.05) is 99.1 Å². The lowest BCUT2D eigenvalue weighted by molar-refractivity contribution is -0.149. The molecule has 0 aliphatic carbocycles. The average Bonchev–Trinajstić information content (AvgIpc) is 1.26. The van der Waals surface area contributed by atoms with Gasteiger partial charge in [-0.3, -0.25) is 57.7 Å². The van der Waals surface area contributed by atoms with E-state index in [1.807, 2.05) is 32.0 Å². The van der Waals surface area contributed by atoms with Crippen LogP contribution in [0.5, 0.6) is 0 Å². The minimum atomic E-state index is -1.24. The Morgan fingerprint density at radius 1 is 0.685 bits per heavy atom. The number of nitrogens with zero attached hydrogens (tertiary/aromatic N) is 6. The third-order valence-electron chi connectivity index (χ3n) is 18.3. The molecule has 2 saturated heterocycles. The number of hydrogen-bond donors (Lipinski definition) is 7. The predicted molar refractivity (Wildman–Crippen MR) is 346 cm³/mol. The molecule has 26 heteroatoms. The summed E-state index contributed by atoms with van der Waals surface area (Å²) in [5, 5.41) is 25.0. The number of ether oxygens (including phenoxy) is 2. The van der Waals surface area contributed by atoms with Crippen molar-refractivity contribution in [2.24, 2.45) is 35.3 Å². The second-order valence-electron chi connectivity index (χ2n) is 26.0. The lowest BCUT2D eigenvalue weighted by Crippen LogP contribution is -2.62. The fourth-order valence-corrected chi connectivity index (χ4v) is 12.6. The maximum atomic E-state index is 15.0. The molecule has 0 saturated carbocycles. The van der Waals surface area contributed by atoms with Crippen LogP contribution in [0.3, 0.4) is 0 Å². The standard InChI is InChI=1S/C66H108N12O14/c1-15-43(8)58(49(91-13)39-54(83)77-33-22-26-48(77)60(92-14)44(9)61(85)69-45(10)59(84)46-23-17-16-18-24-46)74(12)65(89)56(41(4)5)72-63(87)57(42(6)7)73(11)64(88)47(25-21-31-68-66(67)90)70-62(86)55(40(2)3)71-50(79)30-34-75-35-37-76(38-36-75)51(80)27-19-20-32-78-52(81)28-29-53(78)82/h16-18,23-24,28-29,40-45,47-49,55-60,84H,15,19-22,25-27,30-39H2,1-14H3,(H,69,85)(H,70,86)(H,71,79)(H,72,87)(H3,67,68,90)/t43-,44+,45+,47-,48+,49+,55-,56-,57-,58-,59+,60+/m0/s1. The van der Waals surface area contributed by atoms with Crippen LogP contribution in [0, 0.1) is 29.6 Å². The van der Waals surface area contributed by atoms with Crippen LogP contribution < -0.4 is 32.3 Å². The van der Waals surface area contributed by atoms with Crippen LogP contribution in [0.1, 0.15) is 145 Å². The highest BCUT2D eigenvalue weighted by Gasteiger charge is 2.44. The van der Waals surface area contributed by atoms with Crippen molar-refractivity contribution in [3.8, 4) is 0 Å². The number of rotatable bonds is 37. The van der Waals surface area contributed by atoms with Gasteiger partial charge >= 0.3 is 6.03 Å². The lowest BCUT2D eigenvalue weighted by Gasteiger charge is -2.41. The van der Waals surface area contributed by atoms with Crippen LogP contribution in [-0.4, -0.2) is 235 Å². The Bertz CT molecular complexity index is 2650. The Morgan fingerprint density at radius 2 is 1.32 bits per heavy atom. The zero-order valence-electron chi connectivity index (χ0n) is 56.9. The summed E-state index contributed by atoms with van der Waals surface area (Å²) in [5.74, 6) is -6.37. The van der Waals surface area contributed by atoms with Gasteiger partial charge in [0.05, 0.1) is 48.8 Å². The molecule has 92 heavy (non-hydrogen) atoms. The number of urea groups is 1. The summed E-state index contributed by atoms with van der Waals surface area (Å²) >= 11 is 0. The Morgan fingerprint density at radius 3 is 1.88 bits per heavy atom. The van der Waals surface area contributed by atoms with E-state index in [2.05, 4.69) is 31.5 Å². The Labute approximate surface area is 544 Å². The zero-order valence-corrected chi connectivity index (χ0v) is 56.9. The highest BCUT2D eigenvalue weighted by Crippen LogP contribution is 2.31. The molecule has 0 aromatic heterocycles. The van der Waals surface area contributed by atoms with Crippen LogP contribution in [0.25, 0.3) is 0 Å². The number of likely N-dealkylation sites (N-methyl/N-ethyl adjacent to an activating group) is 2. The molecular formula is C66H108N12O14. The van der Waals surface area contributed by atoms with Gasteiger partial charge in [0, 0.05) is 106 Å². The molecule has 8 N–H and O–H groups in total. The van der Waals surface area contributed by atoms with Crippen molar-refractivity contribution in [3.05, 3.63) is 48.0 Å². The monoisotopic (exact) mass is 1290 g/mol. The van der Waals surface area contributed by atoms with Gasteiger partial charge in [0.25, 0.3) is 11.8 Å². The number of primary amides is 1. The number of methoxy groups -OCH3 is 2. The van der Waals surface area contributed by atoms with Crippen molar-refractivity contribution < 1.29 is 67.3 Å². The van der Waals surface area contributed by atoms with Gasteiger partial charge in [-0.2, -0.15) is 0 Å². The van der Waals surface area contributed by atoms with Crippen molar-refractivity contribution in [1.29, 1.82) is 0 Å². The van der Waals surface area contributed by atoms with Crippen LogP contribution in [-0.2, 0) is 57.4 Å². The number of likely N-dealkylation sites (tertiary alicyclic amines) is 1. The molecular weight excluding hydrogens is 1180 g/mol. The smallest absolute Gasteiger partial charge is 0.312 e. The third kappa shape index (κ3) is 22.1. The molecule has 1 aromatic carbocycles. The molecule has 3 aliphatic rings. The molecule has 0 spiro atoms. The number of imide groups is 1. The molecule has 0 bridgehead atoms. The van der Waals surface area contributed by atoms with E-state index < -0.39 is 120 Å². The maximum Gasteiger partial charge on any atom is 0.312 e. The van der Waals surface area contributed by atoms with Gasteiger partial charge < -0.3 is 66.5 Å². The van der Waals surface area contributed by atoms with Crippen molar-refractivity contribution in [2.45, 2.75) is 194 Å². The number of carbonyl (C=O) groups excluding carboxylic acids is 11. The van der Waals surface area contributed by atoms with E-state index in [1.165, 1.54) is 43.2 Å². The Hall–Kier alpha value is -7.03. The maximum absolute atomic E-state index is 15.0. The Kier molecular flexibility index (Phi) is 31.7. The van der Waals surface area contributed by atoms with Crippen LogP contribution in [0.15, 0.2) is 42.5 Å². The minimum absolute atomic E-state index is 0.00756. The number of carbonyl (C=O) groups is 11. The first-order valence-corrected chi connectivity index (χ1v) is 32.9. The largest absolute Gasteiger partial charge is 0.386 e. The van der Waals surface area contributed by atoms with Crippen molar-refractivity contribution in [1.82, 2.24) is 56.0 Å². The lowest BCUT2D eigenvalue weighted by atomic mass is 9.89. The molecule has 4 rings (SSSR count). The van der Waals surface area contributed by atoms with Gasteiger partial charge in [0.15, 0.2) is 0 Å². The quantitative estimate of drug-likeness (QED) is 0.0372. The van der Waals surface area contributed by atoms with Crippen LogP contribution >= 0.6 is 0 Å². The van der Waals surface area contributed by atoms with E-state index in [9.17, 15) is 57.8 Å². The predicted octanol–water partition coefficient (Wildman–Crippen LogP) is 2.47. The average molecular weight is 1290 g/mol. The summed E-state index contributed by atoms with van der Waals surface area (Å²) < 4.78 is 12.1. The molecule has 2 fully saturated rings. The third-order valence-corrected chi connectivity index (χ3v) is 18.3. The van der Waals surface area contributed by atoms with E-state index in [0.717, 1.165) is 4.90 Å². The topological polar surface area (TPSA) is 332 Å². The number of piperazine rings is 1.